The number of hydrogen-bond donors (Lipinski definition) is 1. The van der Waals surface area contributed by atoms with Gasteiger partial charge in [0.25, 0.3) is 5.91 Å². The molecule has 7 heteroatoms. The summed E-state index contributed by atoms with van der Waals surface area (Å²) in [6, 6.07) is 13.5. The summed E-state index contributed by atoms with van der Waals surface area (Å²) in [6.45, 7) is 5.35. The molecule has 1 heterocycles. The summed E-state index contributed by atoms with van der Waals surface area (Å²) in [7, 11) is 3.26. The molecule has 0 unspecified atom stereocenters. The van der Waals surface area contributed by atoms with Crippen molar-refractivity contribution in [2.24, 2.45) is 5.92 Å². The third kappa shape index (κ3) is 6.21. The van der Waals surface area contributed by atoms with Gasteiger partial charge in [-0.2, -0.15) is 0 Å². The number of ether oxygens (including phenoxy) is 3. The van der Waals surface area contributed by atoms with Crippen LogP contribution in [0.5, 0.6) is 17.2 Å². The van der Waals surface area contributed by atoms with Gasteiger partial charge in [-0.05, 0) is 48.2 Å². The number of nitrogens with one attached hydrogen (secondary N) is 1. The first-order valence-corrected chi connectivity index (χ1v) is 11.1. The van der Waals surface area contributed by atoms with Crippen molar-refractivity contribution in [3.05, 3.63) is 59.1 Å². The molecule has 3 rings (SSSR count). The molecule has 0 fully saturated rings. The fourth-order valence-corrected chi connectivity index (χ4v) is 3.69. The highest BCUT2D eigenvalue weighted by Crippen LogP contribution is 2.34. The van der Waals surface area contributed by atoms with Gasteiger partial charge in [-0.3, -0.25) is 4.79 Å². The van der Waals surface area contributed by atoms with Crippen LogP contribution in [0.3, 0.4) is 0 Å². The highest BCUT2D eigenvalue weighted by atomic mass is 32.1. The van der Waals surface area contributed by atoms with Crippen LogP contribution in [0.2, 0.25) is 0 Å². The van der Waals surface area contributed by atoms with E-state index in [1.165, 1.54) is 11.3 Å². The third-order valence-corrected chi connectivity index (χ3v) is 5.47. The number of carbonyl (C=O) groups excluding carboxylic acids is 1. The molecule has 0 bridgehead atoms. The van der Waals surface area contributed by atoms with E-state index in [0.29, 0.717) is 36.3 Å². The van der Waals surface area contributed by atoms with Gasteiger partial charge in [0.2, 0.25) is 0 Å². The normalized spacial score (nSPS) is 10.7. The Morgan fingerprint density at radius 1 is 1.06 bits per heavy atom. The first-order chi connectivity index (χ1) is 15.0. The second kappa shape index (κ2) is 10.8. The maximum atomic E-state index is 12.5. The molecule has 0 saturated carbocycles. The summed E-state index contributed by atoms with van der Waals surface area (Å²) in [5.74, 6) is 2.42. The van der Waals surface area contributed by atoms with Crippen molar-refractivity contribution in [3.63, 3.8) is 0 Å². The standard InChI is InChI=1S/C24H28N2O4S/c1-16(2)14-30-21-10-7-18(13-22(21)29-4)24-26-20(15-31-24)23(27)25-12-11-17-5-8-19(28-3)9-6-17/h5-10,13,15-16H,11-12,14H2,1-4H3,(H,25,27). The zero-order valence-electron chi connectivity index (χ0n) is 18.3. The van der Waals surface area contributed by atoms with E-state index in [9.17, 15) is 4.79 Å². The quantitative estimate of drug-likeness (QED) is 0.489. The van der Waals surface area contributed by atoms with E-state index in [4.69, 9.17) is 14.2 Å². The Bertz CT molecular complexity index is 999. The average molecular weight is 441 g/mol. The SMILES string of the molecule is COc1ccc(CCNC(=O)c2csc(-c3ccc(OCC(C)C)c(OC)c3)n2)cc1. The van der Waals surface area contributed by atoms with Crippen molar-refractivity contribution in [3.8, 4) is 27.8 Å². The number of benzene rings is 2. The lowest BCUT2D eigenvalue weighted by Crippen LogP contribution is -2.25. The number of rotatable bonds is 10. The van der Waals surface area contributed by atoms with Gasteiger partial charge in [-0.1, -0.05) is 26.0 Å². The number of nitrogens with zero attached hydrogens (tertiary/aromatic N) is 1. The molecule has 0 spiro atoms. The maximum Gasteiger partial charge on any atom is 0.270 e. The highest BCUT2D eigenvalue weighted by molar-refractivity contribution is 7.13. The molecule has 1 N–H and O–H groups in total. The van der Waals surface area contributed by atoms with Gasteiger partial charge >= 0.3 is 0 Å². The van der Waals surface area contributed by atoms with Crippen LogP contribution in [-0.4, -0.2) is 38.3 Å². The maximum absolute atomic E-state index is 12.5. The summed E-state index contributed by atoms with van der Waals surface area (Å²) < 4.78 is 16.4. The van der Waals surface area contributed by atoms with Crippen LogP contribution in [0.15, 0.2) is 47.8 Å². The Morgan fingerprint density at radius 2 is 1.84 bits per heavy atom. The molecule has 0 aliphatic rings. The van der Waals surface area contributed by atoms with Gasteiger partial charge in [-0.15, -0.1) is 11.3 Å². The first-order valence-electron chi connectivity index (χ1n) is 10.2. The zero-order valence-corrected chi connectivity index (χ0v) is 19.1. The minimum atomic E-state index is -0.181. The Morgan fingerprint density at radius 3 is 2.52 bits per heavy atom. The van der Waals surface area contributed by atoms with E-state index in [-0.39, 0.29) is 5.91 Å². The minimum absolute atomic E-state index is 0.181. The van der Waals surface area contributed by atoms with Crippen molar-refractivity contribution < 1.29 is 19.0 Å². The highest BCUT2D eigenvalue weighted by Gasteiger charge is 2.14. The van der Waals surface area contributed by atoms with Crippen molar-refractivity contribution in [1.29, 1.82) is 0 Å². The largest absolute Gasteiger partial charge is 0.497 e. The molecule has 0 aliphatic carbocycles. The van der Waals surface area contributed by atoms with Crippen molar-refractivity contribution in [2.45, 2.75) is 20.3 Å². The predicted octanol–water partition coefficient (Wildman–Crippen LogP) is 4.83. The van der Waals surface area contributed by atoms with Crippen LogP contribution in [0, 0.1) is 5.92 Å². The molecular weight excluding hydrogens is 412 g/mol. The molecule has 0 atom stereocenters. The number of carbonyl (C=O) groups is 1. The van der Waals surface area contributed by atoms with Crippen LogP contribution >= 0.6 is 11.3 Å². The first kappa shape index (κ1) is 22.6. The monoisotopic (exact) mass is 440 g/mol. The molecule has 0 aliphatic heterocycles. The Labute approximate surface area is 187 Å². The van der Waals surface area contributed by atoms with Gasteiger partial charge in [0.05, 0.1) is 20.8 Å². The summed E-state index contributed by atoms with van der Waals surface area (Å²) in [6.07, 6.45) is 0.738. The molecule has 2 aromatic carbocycles. The zero-order chi connectivity index (χ0) is 22.2. The second-order valence-corrected chi connectivity index (χ2v) is 8.32. The summed E-state index contributed by atoms with van der Waals surface area (Å²) in [4.78, 5) is 17.0. The third-order valence-electron chi connectivity index (χ3n) is 4.58. The van der Waals surface area contributed by atoms with Crippen LogP contribution in [0.25, 0.3) is 10.6 Å². The lowest BCUT2D eigenvalue weighted by molar-refractivity contribution is 0.0950. The molecule has 31 heavy (non-hydrogen) atoms. The second-order valence-electron chi connectivity index (χ2n) is 7.46. The van der Waals surface area contributed by atoms with Crippen molar-refractivity contribution in [1.82, 2.24) is 10.3 Å². The van der Waals surface area contributed by atoms with E-state index >= 15 is 0 Å². The number of aromatic nitrogens is 1. The molecule has 164 valence electrons. The van der Waals surface area contributed by atoms with Gasteiger partial charge in [0.1, 0.15) is 16.5 Å². The average Bonchev–Trinajstić information content (AvgIpc) is 3.28. The minimum Gasteiger partial charge on any atom is -0.497 e. The molecule has 1 amide bonds. The smallest absolute Gasteiger partial charge is 0.270 e. The van der Waals surface area contributed by atoms with Gasteiger partial charge in [0.15, 0.2) is 11.5 Å². The number of thiazole rings is 1. The van der Waals surface area contributed by atoms with Crippen LogP contribution in [0.4, 0.5) is 0 Å². The van der Waals surface area contributed by atoms with Crippen LogP contribution in [0.1, 0.15) is 29.9 Å². The van der Waals surface area contributed by atoms with E-state index in [0.717, 1.165) is 28.3 Å². The Hall–Kier alpha value is -3.06. The molecular formula is C24H28N2O4S. The van der Waals surface area contributed by atoms with Crippen molar-refractivity contribution in [2.75, 3.05) is 27.4 Å². The number of hydrogen-bond acceptors (Lipinski definition) is 6. The fraction of sp³-hybridized carbons (Fsp3) is 0.333. The fourth-order valence-electron chi connectivity index (χ4n) is 2.89. The lowest BCUT2D eigenvalue weighted by Gasteiger charge is -2.13. The summed E-state index contributed by atoms with van der Waals surface area (Å²) in [5, 5.41) is 5.46. The van der Waals surface area contributed by atoms with Crippen LogP contribution in [-0.2, 0) is 6.42 Å². The summed E-state index contributed by atoms with van der Waals surface area (Å²) in [5.41, 5.74) is 2.43. The topological polar surface area (TPSA) is 69.7 Å². The van der Waals surface area contributed by atoms with Crippen LogP contribution < -0.4 is 19.5 Å². The molecule has 3 aromatic rings. The lowest BCUT2D eigenvalue weighted by atomic mass is 10.1. The Balaban J connectivity index is 1.60. The van der Waals surface area contributed by atoms with E-state index in [1.54, 1.807) is 19.6 Å². The number of methoxy groups -OCH3 is 2. The predicted molar refractivity (Wildman–Crippen MR) is 123 cm³/mol. The van der Waals surface area contributed by atoms with Crippen molar-refractivity contribution >= 4 is 17.2 Å². The van der Waals surface area contributed by atoms with E-state index in [1.807, 2.05) is 42.5 Å². The van der Waals surface area contributed by atoms with Gasteiger partial charge < -0.3 is 19.5 Å². The molecule has 0 saturated heterocycles. The van der Waals surface area contributed by atoms with E-state index in [2.05, 4.69) is 24.1 Å². The molecule has 0 radical (unpaired) electrons. The Kier molecular flexibility index (Phi) is 7.89. The summed E-state index contributed by atoms with van der Waals surface area (Å²) >= 11 is 1.43. The number of amides is 1. The molecule has 6 nitrogen and oxygen atoms in total. The molecule has 1 aromatic heterocycles. The van der Waals surface area contributed by atoms with Gasteiger partial charge in [0, 0.05) is 17.5 Å². The van der Waals surface area contributed by atoms with E-state index < -0.39 is 0 Å². The van der Waals surface area contributed by atoms with Gasteiger partial charge in [-0.25, -0.2) is 4.98 Å².